The lowest BCUT2D eigenvalue weighted by atomic mass is 10.1. The third-order valence-electron chi connectivity index (χ3n) is 2.90. The Morgan fingerprint density at radius 3 is 2.30 bits per heavy atom. The quantitative estimate of drug-likeness (QED) is 0.577. The van der Waals surface area contributed by atoms with E-state index in [0.717, 1.165) is 17.0 Å². The maximum Gasteiger partial charge on any atom is 0.274 e. The van der Waals surface area contributed by atoms with Crippen molar-refractivity contribution in [3.05, 3.63) is 59.7 Å². The number of amides is 1. The second-order valence-corrected chi connectivity index (χ2v) is 4.22. The largest absolute Gasteiger partial charge is 0.497 e. The number of anilines is 1. The summed E-state index contributed by atoms with van der Waals surface area (Å²) in [5.74, 6) is 0.301. The number of hydrogen-bond acceptors (Lipinski definition) is 4. The molecule has 0 unspecified atom stereocenters. The molecule has 0 bridgehead atoms. The molecule has 5 heteroatoms. The first-order chi connectivity index (χ1) is 9.72. The number of rotatable bonds is 5. The fourth-order valence-electron chi connectivity index (χ4n) is 1.75. The van der Waals surface area contributed by atoms with Gasteiger partial charge in [0, 0.05) is 17.8 Å². The van der Waals surface area contributed by atoms with Gasteiger partial charge in [-0.25, -0.2) is 5.48 Å². The highest BCUT2D eigenvalue weighted by Gasteiger charge is 2.03. The van der Waals surface area contributed by atoms with Crippen molar-refractivity contribution < 1.29 is 14.7 Å². The van der Waals surface area contributed by atoms with Crippen LogP contribution in [-0.4, -0.2) is 18.2 Å². The van der Waals surface area contributed by atoms with Gasteiger partial charge in [-0.05, 0) is 42.0 Å². The van der Waals surface area contributed by atoms with E-state index in [2.05, 4.69) is 5.32 Å². The SMILES string of the molecule is COc1ccc(NCc2ccc(C(=O)NO)cc2)cc1. The molecule has 0 heterocycles. The molecule has 104 valence electrons. The first-order valence-electron chi connectivity index (χ1n) is 6.14. The summed E-state index contributed by atoms with van der Waals surface area (Å²) < 4.78 is 5.09. The fourth-order valence-corrected chi connectivity index (χ4v) is 1.75. The van der Waals surface area contributed by atoms with Crippen LogP contribution in [0.1, 0.15) is 15.9 Å². The zero-order valence-corrected chi connectivity index (χ0v) is 11.1. The number of hydroxylamine groups is 1. The molecular weight excluding hydrogens is 256 g/mol. The summed E-state index contributed by atoms with van der Waals surface area (Å²) in [6.07, 6.45) is 0. The number of ether oxygens (including phenoxy) is 1. The van der Waals surface area contributed by atoms with E-state index in [9.17, 15) is 4.79 Å². The number of benzene rings is 2. The van der Waals surface area contributed by atoms with E-state index in [0.29, 0.717) is 12.1 Å². The van der Waals surface area contributed by atoms with Crippen molar-refractivity contribution in [2.75, 3.05) is 12.4 Å². The molecule has 0 aliphatic carbocycles. The Kier molecular flexibility index (Phi) is 4.57. The van der Waals surface area contributed by atoms with E-state index in [1.54, 1.807) is 24.7 Å². The minimum atomic E-state index is -0.514. The molecule has 5 nitrogen and oxygen atoms in total. The van der Waals surface area contributed by atoms with E-state index in [-0.39, 0.29) is 0 Å². The summed E-state index contributed by atoms with van der Waals surface area (Å²) in [5, 5.41) is 11.8. The predicted molar refractivity (Wildman–Crippen MR) is 76.0 cm³/mol. The van der Waals surface area contributed by atoms with Crippen molar-refractivity contribution in [3.8, 4) is 5.75 Å². The normalized spacial score (nSPS) is 9.90. The van der Waals surface area contributed by atoms with Gasteiger partial charge in [0.25, 0.3) is 5.91 Å². The number of methoxy groups -OCH3 is 1. The number of carbonyl (C=O) groups excluding carboxylic acids is 1. The van der Waals surface area contributed by atoms with Crippen LogP contribution < -0.4 is 15.5 Å². The lowest BCUT2D eigenvalue weighted by Gasteiger charge is -2.08. The molecule has 0 spiro atoms. The van der Waals surface area contributed by atoms with E-state index >= 15 is 0 Å². The van der Waals surface area contributed by atoms with Crippen LogP contribution in [0, 0.1) is 0 Å². The zero-order valence-electron chi connectivity index (χ0n) is 11.1. The first kappa shape index (κ1) is 13.9. The first-order valence-corrected chi connectivity index (χ1v) is 6.14. The van der Waals surface area contributed by atoms with E-state index in [4.69, 9.17) is 9.94 Å². The molecule has 0 aliphatic heterocycles. The van der Waals surface area contributed by atoms with Crippen LogP contribution in [0.5, 0.6) is 5.75 Å². The third kappa shape index (κ3) is 3.49. The summed E-state index contributed by atoms with van der Waals surface area (Å²) in [6, 6.07) is 14.6. The Balaban J connectivity index is 1.94. The number of nitrogens with one attached hydrogen (secondary N) is 2. The smallest absolute Gasteiger partial charge is 0.274 e. The molecule has 0 saturated carbocycles. The van der Waals surface area contributed by atoms with Crippen LogP contribution in [0.3, 0.4) is 0 Å². The van der Waals surface area contributed by atoms with Crippen LogP contribution in [-0.2, 0) is 6.54 Å². The van der Waals surface area contributed by atoms with Crippen molar-refractivity contribution in [2.45, 2.75) is 6.54 Å². The zero-order chi connectivity index (χ0) is 14.4. The van der Waals surface area contributed by atoms with Crippen molar-refractivity contribution in [2.24, 2.45) is 0 Å². The van der Waals surface area contributed by atoms with E-state index in [1.165, 1.54) is 0 Å². The molecule has 1 amide bonds. The van der Waals surface area contributed by atoms with Gasteiger partial charge in [0.15, 0.2) is 0 Å². The number of carbonyl (C=O) groups is 1. The Morgan fingerprint density at radius 2 is 1.75 bits per heavy atom. The molecule has 20 heavy (non-hydrogen) atoms. The molecule has 0 fully saturated rings. The van der Waals surface area contributed by atoms with Crippen molar-refractivity contribution >= 4 is 11.6 Å². The molecule has 0 saturated heterocycles. The van der Waals surface area contributed by atoms with E-state index < -0.39 is 5.91 Å². The van der Waals surface area contributed by atoms with Crippen molar-refractivity contribution in [1.29, 1.82) is 0 Å². The highest BCUT2D eigenvalue weighted by atomic mass is 16.5. The topological polar surface area (TPSA) is 70.6 Å². The van der Waals surface area contributed by atoms with E-state index in [1.807, 2.05) is 36.4 Å². The number of hydrogen-bond donors (Lipinski definition) is 3. The van der Waals surface area contributed by atoms with Gasteiger partial charge in [0.05, 0.1) is 7.11 Å². The van der Waals surface area contributed by atoms with Crippen molar-refractivity contribution in [3.63, 3.8) is 0 Å². The average molecular weight is 272 g/mol. The van der Waals surface area contributed by atoms with Crippen LogP contribution in [0.2, 0.25) is 0 Å². The van der Waals surface area contributed by atoms with Crippen LogP contribution >= 0.6 is 0 Å². The molecule has 0 aliphatic rings. The van der Waals surface area contributed by atoms with Gasteiger partial charge in [-0.3, -0.25) is 10.0 Å². The fraction of sp³-hybridized carbons (Fsp3) is 0.133. The van der Waals surface area contributed by atoms with Gasteiger partial charge >= 0.3 is 0 Å². The lowest BCUT2D eigenvalue weighted by Crippen LogP contribution is -2.18. The predicted octanol–water partition coefficient (Wildman–Crippen LogP) is 2.43. The van der Waals surface area contributed by atoms with Crippen LogP contribution in [0.25, 0.3) is 0 Å². The molecule has 2 rings (SSSR count). The summed E-state index contributed by atoms with van der Waals surface area (Å²) in [4.78, 5) is 11.2. The average Bonchev–Trinajstić information content (AvgIpc) is 2.53. The Morgan fingerprint density at radius 1 is 1.10 bits per heavy atom. The van der Waals surface area contributed by atoms with Gasteiger partial charge in [-0.1, -0.05) is 12.1 Å². The summed E-state index contributed by atoms with van der Waals surface area (Å²) in [7, 11) is 1.63. The van der Waals surface area contributed by atoms with Gasteiger partial charge in [0.1, 0.15) is 5.75 Å². The molecular formula is C15H16N2O3. The highest BCUT2D eigenvalue weighted by molar-refractivity contribution is 5.93. The maximum atomic E-state index is 11.2. The summed E-state index contributed by atoms with van der Waals surface area (Å²) >= 11 is 0. The maximum absolute atomic E-state index is 11.2. The molecule has 3 N–H and O–H groups in total. The monoisotopic (exact) mass is 272 g/mol. The summed E-state index contributed by atoms with van der Waals surface area (Å²) in [5.41, 5.74) is 4.05. The van der Waals surface area contributed by atoms with Crippen molar-refractivity contribution in [1.82, 2.24) is 5.48 Å². The molecule has 2 aromatic rings. The minimum absolute atomic E-state index is 0.417. The third-order valence-corrected chi connectivity index (χ3v) is 2.90. The summed E-state index contributed by atoms with van der Waals surface area (Å²) in [6.45, 7) is 0.646. The van der Waals surface area contributed by atoms with Gasteiger partial charge in [0.2, 0.25) is 0 Å². The second kappa shape index (κ2) is 6.58. The highest BCUT2D eigenvalue weighted by Crippen LogP contribution is 2.16. The van der Waals surface area contributed by atoms with Crippen LogP contribution in [0.4, 0.5) is 5.69 Å². The second-order valence-electron chi connectivity index (χ2n) is 4.22. The molecule has 0 atom stereocenters. The lowest BCUT2D eigenvalue weighted by molar-refractivity contribution is 0.0706. The Labute approximate surface area is 117 Å². The van der Waals surface area contributed by atoms with Gasteiger partial charge in [-0.15, -0.1) is 0 Å². The standard InChI is InChI=1S/C15H16N2O3/c1-20-14-8-6-13(7-9-14)16-10-11-2-4-12(5-3-11)15(18)17-19/h2-9,16,19H,10H2,1H3,(H,17,18). The van der Waals surface area contributed by atoms with Crippen LogP contribution in [0.15, 0.2) is 48.5 Å². The Bertz CT molecular complexity index is 565. The Hall–Kier alpha value is -2.53. The molecule has 0 radical (unpaired) electrons. The molecule has 2 aromatic carbocycles. The minimum Gasteiger partial charge on any atom is -0.497 e. The molecule has 0 aromatic heterocycles. The van der Waals surface area contributed by atoms with Gasteiger partial charge < -0.3 is 10.1 Å². The van der Waals surface area contributed by atoms with Gasteiger partial charge in [-0.2, -0.15) is 0 Å².